The SMILES string of the molecule is CC(C)CCCC(C)C1CCC2C3CC(OC(=O)c4ccc(N)cc4)C4CC(OC(=O)c5ccc(N)cc5)CCC4(C)C3CCC12C.CNC(C)CCCC(C)C1CCCC1. The van der Waals surface area contributed by atoms with Gasteiger partial charge in [-0.3, -0.25) is 0 Å². The number of hydrogen-bond donors (Lipinski definition) is 3. The maximum atomic E-state index is 13.7. The zero-order valence-electron chi connectivity index (χ0n) is 39.6. The van der Waals surface area contributed by atoms with Gasteiger partial charge >= 0.3 is 11.9 Å². The highest BCUT2D eigenvalue weighted by molar-refractivity contribution is 5.90. The third-order valence-electron chi connectivity index (χ3n) is 17.6. The van der Waals surface area contributed by atoms with Crippen molar-refractivity contribution in [3.05, 3.63) is 59.7 Å². The molecule has 7 heteroatoms. The van der Waals surface area contributed by atoms with Crippen LogP contribution in [-0.2, 0) is 9.47 Å². The summed E-state index contributed by atoms with van der Waals surface area (Å²) in [5.41, 5.74) is 14.5. The van der Waals surface area contributed by atoms with Crippen LogP contribution in [0.5, 0.6) is 0 Å². The first kappa shape index (κ1) is 47.4. The third kappa shape index (κ3) is 11.4. The summed E-state index contributed by atoms with van der Waals surface area (Å²) in [5, 5.41) is 3.31. The van der Waals surface area contributed by atoms with Crippen LogP contribution in [0.4, 0.5) is 11.4 Å². The van der Waals surface area contributed by atoms with E-state index in [0.717, 1.165) is 55.3 Å². The molecule has 0 amide bonds. The number of carbonyl (C=O) groups excluding carboxylic acids is 2. The molecule has 12 atom stereocenters. The fourth-order valence-electron chi connectivity index (χ4n) is 13.8. The number of carbonyl (C=O) groups is 2. The summed E-state index contributed by atoms with van der Waals surface area (Å²) in [6.07, 6.45) is 22.3. The summed E-state index contributed by atoms with van der Waals surface area (Å²) < 4.78 is 12.7. The van der Waals surface area contributed by atoms with Crippen molar-refractivity contribution in [3.8, 4) is 0 Å². The topological polar surface area (TPSA) is 117 Å². The number of hydrogen-bond acceptors (Lipinski definition) is 7. The quantitative estimate of drug-likeness (QED) is 0.121. The van der Waals surface area contributed by atoms with Crippen LogP contribution in [0.15, 0.2) is 48.5 Å². The van der Waals surface area contributed by atoms with Crippen molar-refractivity contribution in [2.75, 3.05) is 18.5 Å². The molecule has 0 aromatic heterocycles. The van der Waals surface area contributed by atoms with E-state index in [1.807, 2.05) is 0 Å². The molecule has 5 aliphatic rings. The van der Waals surface area contributed by atoms with Crippen molar-refractivity contribution in [2.45, 2.75) is 182 Å². The van der Waals surface area contributed by atoms with Crippen LogP contribution in [0.2, 0.25) is 0 Å². The van der Waals surface area contributed by atoms with Crippen LogP contribution in [0.25, 0.3) is 0 Å². The van der Waals surface area contributed by atoms with Crippen LogP contribution >= 0.6 is 0 Å². The van der Waals surface area contributed by atoms with Gasteiger partial charge in [0.1, 0.15) is 12.2 Å². The molecule has 5 fully saturated rings. The summed E-state index contributed by atoms with van der Waals surface area (Å²) in [4.78, 5) is 26.8. The molecule has 5 aliphatic carbocycles. The van der Waals surface area contributed by atoms with Gasteiger partial charge in [-0.1, -0.05) is 99.3 Å². The zero-order chi connectivity index (χ0) is 43.9. The molecule has 2 aromatic rings. The van der Waals surface area contributed by atoms with E-state index in [4.69, 9.17) is 20.9 Å². The van der Waals surface area contributed by atoms with Crippen molar-refractivity contribution >= 4 is 23.3 Å². The zero-order valence-corrected chi connectivity index (χ0v) is 39.6. The van der Waals surface area contributed by atoms with Crippen LogP contribution < -0.4 is 16.8 Å². The lowest BCUT2D eigenvalue weighted by molar-refractivity contribution is -0.174. The van der Waals surface area contributed by atoms with Gasteiger partial charge in [0.05, 0.1) is 11.1 Å². The largest absolute Gasteiger partial charge is 0.459 e. The Bertz CT molecular complexity index is 1690. The van der Waals surface area contributed by atoms with Crippen molar-refractivity contribution in [1.82, 2.24) is 5.32 Å². The second-order valence-corrected chi connectivity index (χ2v) is 21.9. The standard InChI is InChI=1S/C41H58N2O4.C13H27N/c1-25(2)7-6-8-26(3)33-17-18-34-32-24-37(47-39(45)28-11-15-30(43)16-12-28)36-23-31(46-38(44)27-9-13-29(42)14-10-27)19-21-41(36,5)35(32)20-22-40(33,34)4;1-11(13-9-4-5-10-13)7-6-8-12(2)14-3/h9-16,25-26,31-37H,6-8,17-24,42-43H2,1-5H3;11-14H,4-10H2,1-3H3. The second-order valence-electron chi connectivity index (χ2n) is 21.9. The summed E-state index contributed by atoms with van der Waals surface area (Å²) >= 11 is 0. The number of nitrogen functional groups attached to an aromatic ring is 2. The van der Waals surface area contributed by atoms with Gasteiger partial charge in [-0.15, -0.1) is 0 Å². The minimum atomic E-state index is -0.310. The summed E-state index contributed by atoms with van der Waals surface area (Å²) in [6.45, 7) is 17.0. The van der Waals surface area contributed by atoms with Gasteiger partial charge in [0.15, 0.2) is 0 Å². The van der Waals surface area contributed by atoms with E-state index in [1.54, 1.807) is 48.5 Å². The highest BCUT2D eigenvalue weighted by Gasteiger charge is 2.63. The molecule has 0 radical (unpaired) electrons. The Morgan fingerprint density at radius 3 is 1.82 bits per heavy atom. The number of anilines is 2. The predicted octanol–water partition coefficient (Wildman–Crippen LogP) is 12.9. The van der Waals surface area contributed by atoms with E-state index in [2.05, 4.69) is 60.8 Å². The molecule has 0 spiro atoms. The first-order valence-electron chi connectivity index (χ1n) is 24.9. The first-order chi connectivity index (χ1) is 29.1. The van der Waals surface area contributed by atoms with Crippen molar-refractivity contribution in [2.24, 2.45) is 64.1 Å². The summed E-state index contributed by atoms with van der Waals surface area (Å²) in [7, 11) is 2.06. The molecule has 7 rings (SSSR count). The van der Waals surface area contributed by atoms with Crippen molar-refractivity contribution < 1.29 is 19.1 Å². The molecule has 5 saturated carbocycles. The van der Waals surface area contributed by atoms with E-state index >= 15 is 0 Å². The smallest absolute Gasteiger partial charge is 0.338 e. The molecule has 0 heterocycles. The van der Waals surface area contributed by atoms with Crippen LogP contribution in [0, 0.1) is 64.1 Å². The first-order valence-corrected chi connectivity index (χ1v) is 24.9. The minimum Gasteiger partial charge on any atom is -0.459 e. The third-order valence-corrected chi connectivity index (χ3v) is 17.6. The van der Waals surface area contributed by atoms with E-state index in [9.17, 15) is 9.59 Å². The number of nitrogens with one attached hydrogen (secondary N) is 1. The predicted molar refractivity (Wildman–Crippen MR) is 252 cm³/mol. The molecule has 12 unspecified atom stereocenters. The monoisotopic (exact) mass is 840 g/mol. The Kier molecular flexibility index (Phi) is 16.4. The van der Waals surface area contributed by atoms with Gasteiger partial charge in [0.25, 0.3) is 0 Å². The molecule has 2 aromatic carbocycles. The average Bonchev–Trinajstić information content (AvgIpc) is 3.90. The summed E-state index contributed by atoms with van der Waals surface area (Å²) in [5.74, 6) is 5.66. The van der Waals surface area contributed by atoms with E-state index < -0.39 is 0 Å². The van der Waals surface area contributed by atoms with Crippen LogP contribution in [0.3, 0.4) is 0 Å². The van der Waals surface area contributed by atoms with Gasteiger partial charge in [-0.05, 0) is 178 Å². The van der Waals surface area contributed by atoms with E-state index in [-0.39, 0.29) is 35.5 Å². The fourth-order valence-corrected chi connectivity index (χ4v) is 13.8. The molecule has 7 nitrogen and oxygen atoms in total. The van der Waals surface area contributed by atoms with Gasteiger partial charge in [0.2, 0.25) is 0 Å². The van der Waals surface area contributed by atoms with E-state index in [0.29, 0.717) is 51.7 Å². The molecular weight excluding hydrogens is 755 g/mol. The van der Waals surface area contributed by atoms with Crippen molar-refractivity contribution in [1.29, 1.82) is 0 Å². The Labute approximate surface area is 371 Å². The number of fused-ring (bicyclic) bond motifs is 5. The summed E-state index contributed by atoms with van der Waals surface area (Å²) in [6, 6.07) is 14.7. The normalized spacial score (nSPS) is 32.4. The number of esters is 2. The molecular formula is C54H85N3O4. The Morgan fingerprint density at radius 2 is 1.21 bits per heavy atom. The molecule has 0 saturated heterocycles. The molecule has 61 heavy (non-hydrogen) atoms. The highest BCUT2D eigenvalue weighted by atomic mass is 16.6. The number of benzene rings is 2. The minimum absolute atomic E-state index is 0.0291. The molecule has 0 bridgehead atoms. The maximum absolute atomic E-state index is 13.7. The fraction of sp³-hybridized carbons (Fsp3) is 0.741. The lowest BCUT2D eigenvalue weighted by atomic mass is 9.43. The Balaban J connectivity index is 0.000000378. The highest BCUT2D eigenvalue weighted by Crippen LogP contribution is 2.69. The lowest BCUT2D eigenvalue weighted by Gasteiger charge is -2.62. The van der Waals surface area contributed by atoms with Gasteiger partial charge in [0, 0.05) is 23.3 Å². The van der Waals surface area contributed by atoms with Gasteiger partial charge in [-0.25, -0.2) is 9.59 Å². The van der Waals surface area contributed by atoms with Crippen LogP contribution in [0.1, 0.15) is 185 Å². The number of ether oxygens (including phenoxy) is 2. The van der Waals surface area contributed by atoms with Crippen molar-refractivity contribution in [3.63, 3.8) is 0 Å². The van der Waals surface area contributed by atoms with E-state index in [1.165, 1.54) is 89.9 Å². The number of nitrogens with two attached hydrogens (primary N) is 2. The molecule has 0 aliphatic heterocycles. The van der Waals surface area contributed by atoms with Gasteiger partial charge in [-0.2, -0.15) is 0 Å². The molecule has 340 valence electrons. The Morgan fingerprint density at radius 1 is 0.656 bits per heavy atom. The Hall–Kier alpha value is -3.06. The molecule has 5 N–H and O–H groups in total. The van der Waals surface area contributed by atoms with Crippen LogP contribution in [-0.4, -0.2) is 37.2 Å². The maximum Gasteiger partial charge on any atom is 0.338 e. The van der Waals surface area contributed by atoms with Gasteiger partial charge < -0.3 is 26.3 Å². The number of rotatable bonds is 15. The second kappa shape index (κ2) is 21.1. The lowest BCUT2D eigenvalue weighted by Crippen LogP contribution is -2.59. The average molecular weight is 840 g/mol.